The van der Waals surface area contributed by atoms with Gasteiger partial charge in [0.15, 0.2) is 0 Å². The number of nitrogens with zero attached hydrogens (tertiary/aromatic N) is 4. The summed E-state index contributed by atoms with van der Waals surface area (Å²) >= 11 is 1.42. The third-order valence-corrected chi connectivity index (χ3v) is 5.47. The molecule has 2 fully saturated rings. The van der Waals surface area contributed by atoms with Crippen LogP contribution in [0.25, 0.3) is 0 Å². The Balaban J connectivity index is 1.36. The fraction of sp³-hybridized carbons (Fsp3) is 0.529. The van der Waals surface area contributed by atoms with E-state index in [2.05, 4.69) is 52.0 Å². The van der Waals surface area contributed by atoms with E-state index in [1.54, 1.807) is 0 Å². The molecule has 1 heterocycles. The Labute approximate surface area is 145 Å². The number of hydrogen-bond donors (Lipinski definition) is 1. The first-order valence-corrected chi connectivity index (χ1v) is 9.46. The molecule has 0 radical (unpaired) electrons. The highest BCUT2D eigenvalue weighted by Gasteiger charge is 2.33. The van der Waals surface area contributed by atoms with Crippen LogP contribution in [0, 0.1) is 12.8 Å². The quantitative estimate of drug-likeness (QED) is 0.783. The number of tetrazole rings is 1. The molecule has 1 atom stereocenters. The molecule has 2 saturated carbocycles. The fourth-order valence-electron chi connectivity index (χ4n) is 2.85. The maximum absolute atomic E-state index is 12.4. The molecule has 0 bridgehead atoms. The molecule has 1 aromatic carbocycles. The Kier molecular flexibility index (Phi) is 4.26. The van der Waals surface area contributed by atoms with Crippen LogP contribution in [0.2, 0.25) is 0 Å². The van der Waals surface area contributed by atoms with Gasteiger partial charge in [0, 0.05) is 0 Å². The van der Waals surface area contributed by atoms with E-state index >= 15 is 0 Å². The number of nitrogens with one attached hydrogen (secondary N) is 1. The number of amides is 1. The zero-order valence-electron chi connectivity index (χ0n) is 13.7. The molecule has 1 amide bonds. The number of carbonyl (C=O) groups is 1. The van der Waals surface area contributed by atoms with Crippen LogP contribution in [-0.2, 0) is 4.79 Å². The van der Waals surface area contributed by atoms with E-state index < -0.39 is 0 Å². The fourth-order valence-corrected chi connectivity index (χ4v) is 3.61. The lowest BCUT2D eigenvalue weighted by molar-refractivity contribution is -0.119. The van der Waals surface area contributed by atoms with E-state index in [-0.39, 0.29) is 11.9 Å². The Hall–Kier alpha value is -1.89. The number of benzene rings is 1. The van der Waals surface area contributed by atoms with Crippen LogP contribution >= 0.6 is 11.8 Å². The summed E-state index contributed by atoms with van der Waals surface area (Å²) in [5.74, 6) is 0.962. The van der Waals surface area contributed by atoms with Gasteiger partial charge in [0.25, 0.3) is 0 Å². The molecule has 2 aromatic rings. The number of aromatic nitrogens is 4. The highest BCUT2D eigenvalue weighted by molar-refractivity contribution is 7.99. The van der Waals surface area contributed by atoms with Crippen molar-refractivity contribution in [1.29, 1.82) is 0 Å². The second kappa shape index (κ2) is 6.55. The normalized spacial score (nSPS) is 18.4. The van der Waals surface area contributed by atoms with Crippen LogP contribution < -0.4 is 5.32 Å². The molecule has 7 heteroatoms. The molecular formula is C17H21N5OS. The summed E-state index contributed by atoms with van der Waals surface area (Å²) in [6.07, 6.45) is 4.63. The van der Waals surface area contributed by atoms with Crippen molar-refractivity contribution in [2.75, 3.05) is 5.75 Å². The third kappa shape index (κ3) is 3.61. The van der Waals surface area contributed by atoms with Gasteiger partial charge in [-0.25, -0.2) is 4.68 Å². The molecule has 24 heavy (non-hydrogen) atoms. The predicted molar refractivity (Wildman–Crippen MR) is 91.6 cm³/mol. The first-order valence-electron chi connectivity index (χ1n) is 8.47. The van der Waals surface area contributed by atoms with Gasteiger partial charge in [-0.2, -0.15) is 0 Å². The summed E-state index contributed by atoms with van der Waals surface area (Å²) in [5, 5.41) is 15.7. The minimum absolute atomic E-state index is 0.0443. The molecule has 4 rings (SSSR count). The molecular weight excluding hydrogens is 322 g/mol. The molecule has 1 N–H and O–H groups in total. The van der Waals surface area contributed by atoms with Gasteiger partial charge in [0.2, 0.25) is 11.1 Å². The highest BCUT2D eigenvalue weighted by Crippen LogP contribution is 2.41. The summed E-state index contributed by atoms with van der Waals surface area (Å²) in [6, 6.07) is 9.01. The molecule has 1 aromatic heterocycles. The van der Waals surface area contributed by atoms with E-state index in [1.807, 2.05) is 4.68 Å². The van der Waals surface area contributed by atoms with Crippen molar-refractivity contribution in [2.45, 2.75) is 49.8 Å². The van der Waals surface area contributed by atoms with Crippen LogP contribution in [0.4, 0.5) is 0 Å². The summed E-state index contributed by atoms with van der Waals surface area (Å²) in [7, 11) is 0. The summed E-state index contributed by atoms with van der Waals surface area (Å²) < 4.78 is 1.84. The maximum Gasteiger partial charge on any atom is 0.230 e. The van der Waals surface area contributed by atoms with Crippen molar-refractivity contribution in [3.8, 4) is 0 Å². The van der Waals surface area contributed by atoms with Crippen molar-refractivity contribution in [3.05, 3.63) is 35.4 Å². The molecule has 126 valence electrons. The lowest BCUT2D eigenvalue weighted by atomic mass is 10.0. The number of aryl methyl sites for hydroxylation is 1. The van der Waals surface area contributed by atoms with Crippen LogP contribution in [0.3, 0.4) is 0 Å². The number of rotatable bonds is 7. The van der Waals surface area contributed by atoms with Gasteiger partial charge >= 0.3 is 0 Å². The first-order chi connectivity index (χ1) is 11.7. The summed E-state index contributed by atoms with van der Waals surface area (Å²) in [6.45, 7) is 2.08. The molecule has 0 aliphatic heterocycles. The predicted octanol–water partition coefficient (Wildman–Crippen LogP) is 2.68. The van der Waals surface area contributed by atoms with Crippen molar-refractivity contribution in [1.82, 2.24) is 25.5 Å². The Morgan fingerprint density at radius 1 is 1.29 bits per heavy atom. The van der Waals surface area contributed by atoms with E-state index in [9.17, 15) is 4.79 Å². The van der Waals surface area contributed by atoms with Crippen molar-refractivity contribution in [3.63, 3.8) is 0 Å². The lowest BCUT2D eigenvalue weighted by Gasteiger charge is -2.19. The van der Waals surface area contributed by atoms with Crippen molar-refractivity contribution in [2.24, 2.45) is 5.92 Å². The van der Waals surface area contributed by atoms with Crippen LogP contribution in [0.5, 0.6) is 0 Å². The van der Waals surface area contributed by atoms with Gasteiger partial charge in [-0.05, 0) is 54.5 Å². The minimum Gasteiger partial charge on any atom is -0.348 e. The Morgan fingerprint density at radius 3 is 2.71 bits per heavy atom. The van der Waals surface area contributed by atoms with Gasteiger partial charge in [0.05, 0.1) is 17.8 Å². The van der Waals surface area contributed by atoms with Gasteiger partial charge < -0.3 is 5.32 Å². The average Bonchev–Trinajstić information content (AvgIpc) is 3.51. The molecule has 0 saturated heterocycles. The Morgan fingerprint density at radius 2 is 2.04 bits per heavy atom. The smallest absolute Gasteiger partial charge is 0.230 e. The van der Waals surface area contributed by atoms with Crippen LogP contribution in [-0.4, -0.2) is 31.9 Å². The summed E-state index contributed by atoms with van der Waals surface area (Å²) in [5.41, 5.74) is 2.44. The lowest BCUT2D eigenvalue weighted by Crippen LogP contribution is -2.31. The number of hydrogen-bond acceptors (Lipinski definition) is 5. The van der Waals surface area contributed by atoms with Gasteiger partial charge in [-0.3, -0.25) is 4.79 Å². The Bertz CT molecular complexity index is 721. The highest BCUT2D eigenvalue weighted by atomic mass is 32.2. The number of carbonyl (C=O) groups excluding carboxylic acids is 1. The second-order valence-electron chi connectivity index (χ2n) is 6.72. The first kappa shape index (κ1) is 15.6. The van der Waals surface area contributed by atoms with Crippen molar-refractivity contribution >= 4 is 17.7 Å². The molecule has 1 unspecified atom stereocenters. The van der Waals surface area contributed by atoms with Crippen LogP contribution in [0.15, 0.2) is 29.4 Å². The molecule has 2 aliphatic carbocycles. The third-order valence-electron chi connectivity index (χ3n) is 4.53. The monoisotopic (exact) mass is 343 g/mol. The SMILES string of the molecule is Cc1ccc(C(NC(=O)CSc2nnnn2C2CC2)C2CC2)cc1. The zero-order chi connectivity index (χ0) is 16.5. The zero-order valence-corrected chi connectivity index (χ0v) is 14.5. The van der Waals surface area contributed by atoms with Gasteiger partial charge in [-0.1, -0.05) is 41.6 Å². The van der Waals surface area contributed by atoms with E-state index in [0.717, 1.165) is 18.0 Å². The second-order valence-corrected chi connectivity index (χ2v) is 7.66. The van der Waals surface area contributed by atoms with Gasteiger partial charge in [-0.15, -0.1) is 5.10 Å². The van der Waals surface area contributed by atoms with E-state index in [0.29, 0.717) is 17.7 Å². The summed E-state index contributed by atoms with van der Waals surface area (Å²) in [4.78, 5) is 12.4. The van der Waals surface area contributed by atoms with Crippen LogP contribution in [0.1, 0.15) is 48.9 Å². The number of thioether (sulfide) groups is 1. The minimum atomic E-state index is 0.0443. The molecule has 2 aliphatic rings. The van der Waals surface area contributed by atoms with Gasteiger partial charge in [0.1, 0.15) is 0 Å². The largest absolute Gasteiger partial charge is 0.348 e. The topological polar surface area (TPSA) is 72.7 Å². The van der Waals surface area contributed by atoms with Crippen molar-refractivity contribution < 1.29 is 4.79 Å². The van der Waals surface area contributed by atoms with E-state index in [1.165, 1.54) is 35.7 Å². The maximum atomic E-state index is 12.4. The molecule has 0 spiro atoms. The standard InChI is InChI=1S/C17H21N5OS/c1-11-2-4-12(5-3-11)16(13-6-7-13)18-15(23)10-24-17-19-20-21-22(17)14-8-9-14/h2-5,13-14,16H,6-10H2,1H3,(H,18,23). The van der Waals surface area contributed by atoms with E-state index in [4.69, 9.17) is 0 Å². The average molecular weight is 343 g/mol. The molecule has 6 nitrogen and oxygen atoms in total.